The van der Waals surface area contributed by atoms with Gasteiger partial charge in [0.2, 0.25) is 0 Å². The Morgan fingerprint density at radius 2 is 1.76 bits per heavy atom. The summed E-state index contributed by atoms with van der Waals surface area (Å²) in [6, 6.07) is 15.5. The third-order valence-corrected chi connectivity index (χ3v) is 4.75. The van der Waals surface area contributed by atoms with Gasteiger partial charge in [-0.15, -0.1) is 0 Å². The van der Waals surface area contributed by atoms with E-state index in [1.54, 1.807) is 0 Å². The van der Waals surface area contributed by atoms with Crippen molar-refractivity contribution >= 4 is 34.0 Å². The van der Waals surface area contributed by atoms with E-state index in [1.807, 2.05) is 0 Å². The molecule has 0 amide bonds. The van der Waals surface area contributed by atoms with Gasteiger partial charge in [-0.2, -0.15) is 0 Å². The van der Waals surface area contributed by atoms with Crippen LogP contribution in [0.2, 0.25) is 0 Å². The van der Waals surface area contributed by atoms with Gasteiger partial charge in [0.15, 0.2) is 0 Å². The Bertz CT molecular complexity index is 601. The van der Waals surface area contributed by atoms with Gasteiger partial charge in [-0.05, 0) is 83.8 Å². The highest BCUT2D eigenvalue weighted by molar-refractivity contribution is 14.1. The van der Waals surface area contributed by atoms with Crippen LogP contribution in [0.25, 0.3) is 0 Å². The van der Waals surface area contributed by atoms with Crippen molar-refractivity contribution in [2.45, 2.75) is 26.3 Å². The Kier molecular flexibility index (Phi) is 4.68. The van der Waals surface area contributed by atoms with Gasteiger partial charge in [-0.3, -0.25) is 0 Å². The van der Waals surface area contributed by atoms with Crippen LogP contribution >= 0.6 is 22.6 Å². The van der Waals surface area contributed by atoms with Gasteiger partial charge in [0.25, 0.3) is 0 Å². The number of halogens is 1. The number of benzene rings is 2. The molecule has 1 aliphatic heterocycles. The Morgan fingerprint density at radius 3 is 2.43 bits per heavy atom. The Labute approximate surface area is 140 Å². The van der Waals surface area contributed by atoms with Crippen molar-refractivity contribution in [3.05, 3.63) is 57.2 Å². The predicted molar refractivity (Wildman–Crippen MR) is 99.1 cm³/mol. The highest BCUT2D eigenvalue weighted by atomic mass is 127. The summed E-state index contributed by atoms with van der Waals surface area (Å²) in [5.74, 6) is 0. The van der Waals surface area contributed by atoms with Crippen LogP contribution in [0.4, 0.5) is 11.4 Å². The van der Waals surface area contributed by atoms with Gasteiger partial charge in [0.1, 0.15) is 0 Å². The zero-order chi connectivity index (χ0) is 14.7. The number of hydrogen-bond donors (Lipinski definition) is 1. The molecule has 1 fully saturated rings. The van der Waals surface area contributed by atoms with Crippen LogP contribution in [0.5, 0.6) is 0 Å². The van der Waals surface area contributed by atoms with Gasteiger partial charge in [0.05, 0.1) is 0 Å². The highest BCUT2D eigenvalue weighted by Gasteiger charge is 2.11. The van der Waals surface area contributed by atoms with Crippen LogP contribution in [0.15, 0.2) is 42.5 Å². The van der Waals surface area contributed by atoms with E-state index in [9.17, 15) is 0 Å². The maximum Gasteiger partial charge on any atom is 0.0400 e. The average Bonchev–Trinajstić information content (AvgIpc) is 3.01. The van der Waals surface area contributed by atoms with E-state index in [-0.39, 0.29) is 0 Å². The van der Waals surface area contributed by atoms with Crippen molar-refractivity contribution in [2.75, 3.05) is 23.3 Å². The second-order valence-corrected chi connectivity index (χ2v) is 6.92. The van der Waals surface area contributed by atoms with E-state index in [0.29, 0.717) is 0 Å². The molecule has 0 bridgehead atoms. The zero-order valence-corrected chi connectivity index (χ0v) is 14.6. The lowest BCUT2D eigenvalue weighted by Crippen LogP contribution is -2.17. The molecule has 0 atom stereocenters. The molecule has 1 saturated heterocycles. The third-order valence-electron chi connectivity index (χ3n) is 4.08. The summed E-state index contributed by atoms with van der Waals surface area (Å²) in [6.45, 7) is 5.45. The highest BCUT2D eigenvalue weighted by Crippen LogP contribution is 2.22. The maximum absolute atomic E-state index is 3.53. The van der Waals surface area contributed by atoms with E-state index in [4.69, 9.17) is 0 Å². The monoisotopic (exact) mass is 392 g/mol. The summed E-state index contributed by atoms with van der Waals surface area (Å²) in [7, 11) is 0. The first kappa shape index (κ1) is 14.7. The summed E-state index contributed by atoms with van der Waals surface area (Å²) in [5.41, 5.74) is 5.22. The van der Waals surface area contributed by atoms with Gasteiger partial charge in [-0.1, -0.05) is 12.1 Å². The van der Waals surface area contributed by atoms with E-state index < -0.39 is 0 Å². The minimum atomic E-state index is 0.877. The summed E-state index contributed by atoms with van der Waals surface area (Å²) < 4.78 is 1.28. The van der Waals surface area contributed by atoms with Crippen molar-refractivity contribution in [3.8, 4) is 0 Å². The number of hydrogen-bond acceptors (Lipinski definition) is 2. The first-order valence-electron chi connectivity index (χ1n) is 7.56. The molecule has 2 aromatic carbocycles. The zero-order valence-electron chi connectivity index (χ0n) is 12.4. The SMILES string of the molecule is Cc1cc(I)ccc1NCc1ccc(N2CCCC2)cc1. The lowest BCUT2D eigenvalue weighted by atomic mass is 10.1. The molecule has 21 heavy (non-hydrogen) atoms. The fourth-order valence-corrected chi connectivity index (χ4v) is 3.47. The van der Waals surface area contributed by atoms with Crippen LogP contribution in [0.1, 0.15) is 24.0 Å². The second kappa shape index (κ2) is 6.69. The molecular formula is C18H21IN2. The summed E-state index contributed by atoms with van der Waals surface area (Å²) in [5, 5.41) is 3.53. The van der Waals surface area contributed by atoms with Crippen molar-refractivity contribution in [3.63, 3.8) is 0 Å². The number of aryl methyl sites for hydroxylation is 1. The molecule has 0 unspecified atom stereocenters. The first-order valence-corrected chi connectivity index (χ1v) is 8.64. The van der Waals surface area contributed by atoms with E-state index in [2.05, 4.69) is 82.2 Å². The van der Waals surface area contributed by atoms with Crippen LogP contribution < -0.4 is 10.2 Å². The van der Waals surface area contributed by atoms with Gasteiger partial charge >= 0.3 is 0 Å². The lowest BCUT2D eigenvalue weighted by Gasteiger charge is -2.18. The standard InChI is InChI=1S/C18H21IN2/c1-14-12-16(19)6-9-18(14)20-13-15-4-7-17(8-5-15)21-10-2-3-11-21/h4-9,12,20H,2-3,10-11,13H2,1H3. The molecule has 0 saturated carbocycles. The van der Waals surface area contributed by atoms with E-state index in [1.165, 1.54) is 52.0 Å². The molecule has 3 heteroatoms. The molecule has 0 radical (unpaired) electrons. The largest absolute Gasteiger partial charge is 0.381 e. The minimum Gasteiger partial charge on any atom is -0.381 e. The molecule has 1 N–H and O–H groups in total. The maximum atomic E-state index is 3.53. The summed E-state index contributed by atoms with van der Waals surface area (Å²) >= 11 is 2.35. The molecule has 0 aliphatic carbocycles. The van der Waals surface area contributed by atoms with Crippen molar-refractivity contribution in [1.82, 2.24) is 0 Å². The van der Waals surface area contributed by atoms with Gasteiger partial charge in [0, 0.05) is 34.6 Å². The quantitative estimate of drug-likeness (QED) is 0.752. The Balaban J connectivity index is 1.62. The van der Waals surface area contributed by atoms with Crippen LogP contribution in [-0.2, 0) is 6.54 Å². The number of rotatable bonds is 4. The normalized spacial score (nSPS) is 14.5. The van der Waals surface area contributed by atoms with E-state index in [0.717, 1.165) is 6.54 Å². The molecular weight excluding hydrogens is 371 g/mol. The molecule has 1 aliphatic rings. The fraction of sp³-hybridized carbons (Fsp3) is 0.333. The Hall–Kier alpha value is -1.23. The molecule has 1 heterocycles. The molecule has 2 aromatic rings. The Morgan fingerprint density at radius 1 is 1.05 bits per heavy atom. The van der Waals surface area contributed by atoms with Crippen LogP contribution in [-0.4, -0.2) is 13.1 Å². The first-order chi connectivity index (χ1) is 10.2. The third kappa shape index (κ3) is 3.70. The average molecular weight is 392 g/mol. The van der Waals surface area contributed by atoms with Gasteiger partial charge in [-0.25, -0.2) is 0 Å². The molecule has 0 aromatic heterocycles. The lowest BCUT2D eigenvalue weighted by molar-refractivity contribution is 0.949. The topological polar surface area (TPSA) is 15.3 Å². The predicted octanol–water partition coefficient (Wildman–Crippen LogP) is 4.81. The fourth-order valence-electron chi connectivity index (χ4n) is 2.82. The smallest absolute Gasteiger partial charge is 0.0400 e. The molecule has 0 spiro atoms. The van der Waals surface area contributed by atoms with Crippen molar-refractivity contribution in [1.29, 1.82) is 0 Å². The minimum absolute atomic E-state index is 0.877. The number of nitrogens with one attached hydrogen (secondary N) is 1. The van der Waals surface area contributed by atoms with Crippen molar-refractivity contribution in [2.24, 2.45) is 0 Å². The molecule has 2 nitrogen and oxygen atoms in total. The summed E-state index contributed by atoms with van der Waals surface area (Å²) in [6.07, 6.45) is 2.66. The number of anilines is 2. The van der Waals surface area contributed by atoms with Crippen molar-refractivity contribution < 1.29 is 0 Å². The van der Waals surface area contributed by atoms with E-state index >= 15 is 0 Å². The molecule has 110 valence electrons. The second-order valence-electron chi connectivity index (χ2n) is 5.67. The van der Waals surface area contributed by atoms with Gasteiger partial charge < -0.3 is 10.2 Å². The van der Waals surface area contributed by atoms with Crippen LogP contribution in [0.3, 0.4) is 0 Å². The number of nitrogens with zero attached hydrogens (tertiary/aromatic N) is 1. The molecule has 3 rings (SSSR count). The summed E-state index contributed by atoms with van der Waals surface area (Å²) in [4.78, 5) is 2.47. The van der Waals surface area contributed by atoms with Crippen LogP contribution in [0, 0.1) is 10.5 Å².